The van der Waals surface area contributed by atoms with Crippen LogP contribution in [0.3, 0.4) is 0 Å². The third kappa shape index (κ3) is 2.97. The Hall–Kier alpha value is -1.36. The quantitative estimate of drug-likeness (QED) is 0.733. The molecule has 1 heterocycles. The number of benzene rings is 1. The van der Waals surface area contributed by atoms with E-state index in [1.54, 1.807) is 19.9 Å². The highest BCUT2D eigenvalue weighted by atomic mass is 32.1. The van der Waals surface area contributed by atoms with E-state index in [-0.39, 0.29) is 5.92 Å². The van der Waals surface area contributed by atoms with Crippen LogP contribution in [0.25, 0.3) is 11.3 Å². The third-order valence-corrected chi connectivity index (χ3v) is 3.67. The van der Waals surface area contributed by atoms with Gasteiger partial charge in [0.15, 0.2) is 0 Å². The zero-order valence-corrected chi connectivity index (χ0v) is 11.7. The summed E-state index contributed by atoms with van der Waals surface area (Å²) in [5.41, 5.74) is 1.23. The van der Waals surface area contributed by atoms with Crippen molar-refractivity contribution in [2.24, 2.45) is 0 Å². The maximum Gasteiger partial charge on any atom is 0.416 e. The van der Waals surface area contributed by atoms with Crippen LogP contribution in [0.1, 0.15) is 35.9 Å². The standard InChI is InChI=1S/C14H14F3NS/c1-8(2)11-6-10(13-7-19-9(3)18-13)4-5-12(11)14(15,16)17/h4-8H,1-3H3. The van der Waals surface area contributed by atoms with Crippen LogP contribution in [0.4, 0.5) is 13.2 Å². The summed E-state index contributed by atoms with van der Waals surface area (Å²) in [4.78, 5) is 4.31. The van der Waals surface area contributed by atoms with E-state index in [4.69, 9.17) is 0 Å². The van der Waals surface area contributed by atoms with Crippen molar-refractivity contribution in [1.29, 1.82) is 0 Å². The van der Waals surface area contributed by atoms with E-state index >= 15 is 0 Å². The molecule has 1 aromatic carbocycles. The van der Waals surface area contributed by atoms with Crippen molar-refractivity contribution in [2.75, 3.05) is 0 Å². The van der Waals surface area contributed by atoms with Gasteiger partial charge in [0.25, 0.3) is 0 Å². The first-order valence-electron chi connectivity index (χ1n) is 5.92. The normalized spacial score (nSPS) is 12.2. The summed E-state index contributed by atoms with van der Waals surface area (Å²) in [6, 6.07) is 4.24. The van der Waals surface area contributed by atoms with Gasteiger partial charge in [-0.1, -0.05) is 19.9 Å². The first-order chi connectivity index (χ1) is 8.79. The zero-order chi connectivity index (χ0) is 14.2. The Kier molecular flexibility index (Phi) is 3.67. The van der Waals surface area contributed by atoms with Gasteiger partial charge in [-0.3, -0.25) is 0 Å². The zero-order valence-electron chi connectivity index (χ0n) is 10.9. The Balaban J connectivity index is 2.54. The lowest BCUT2D eigenvalue weighted by molar-refractivity contribution is -0.138. The number of aryl methyl sites for hydroxylation is 1. The number of thiazole rings is 1. The van der Waals surface area contributed by atoms with Crippen LogP contribution >= 0.6 is 11.3 Å². The molecule has 2 rings (SSSR count). The summed E-state index contributed by atoms with van der Waals surface area (Å²) in [6.07, 6.45) is -4.31. The van der Waals surface area contributed by atoms with Crippen molar-refractivity contribution in [3.05, 3.63) is 39.7 Å². The van der Waals surface area contributed by atoms with Gasteiger partial charge in [0.1, 0.15) is 0 Å². The summed E-state index contributed by atoms with van der Waals surface area (Å²) in [7, 11) is 0. The predicted molar refractivity (Wildman–Crippen MR) is 71.4 cm³/mol. The molecule has 102 valence electrons. The molecule has 0 saturated carbocycles. The second-order valence-electron chi connectivity index (χ2n) is 4.71. The molecule has 0 aliphatic rings. The molecule has 0 atom stereocenters. The number of nitrogens with zero attached hydrogens (tertiary/aromatic N) is 1. The molecule has 0 bridgehead atoms. The monoisotopic (exact) mass is 285 g/mol. The van der Waals surface area contributed by atoms with Gasteiger partial charge in [-0.25, -0.2) is 4.98 Å². The Labute approximate surface area is 114 Å². The van der Waals surface area contributed by atoms with Crippen LogP contribution in [-0.4, -0.2) is 4.98 Å². The highest BCUT2D eigenvalue weighted by Crippen LogP contribution is 2.37. The third-order valence-electron chi connectivity index (χ3n) is 2.89. The second-order valence-corrected chi connectivity index (χ2v) is 5.77. The van der Waals surface area contributed by atoms with Gasteiger partial charge in [0.2, 0.25) is 0 Å². The largest absolute Gasteiger partial charge is 0.416 e. The lowest BCUT2D eigenvalue weighted by Crippen LogP contribution is -2.10. The molecule has 0 unspecified atom stereocenters. The highest BCUT2D eigenvalue weighted by Gasteiger charge is 2.34. The molecule has 2 aromatic rings. The van der Waals surface area contributed by atoms with E-state index in [0.29, 0.717) is 5.56 Å². The van der Waals surface area contributed by atoms with Crippen molar-refractivity contribution >= 4 is 11.3 Å². The second kappa shape index (κ2) is 4.96. The van der Waals surface area contributed by atoms with Crippen molar-refractivity contribution in [3.8, 4) is 11.3 Å². The Bertz CT molecular complexity index is 585. The molecule has 0 aliphatic heterocycles. The minimum Gasteiger partial charge on any atom is -0.242 e. The van der Waals surface area contributed by atoms with E-state index in [1.165, 1.54) is 17.4 Å². The number of aromatic nitrogens is 1. The van der Waals surface area contributed by atoms with E-state index in [9.17, 15) is 13.2 Å². The van der Waals surface area contributed by atoms with Crippen LogP contribution in [0.15, 0.2) is 23.6 Å². The molecule has 1 nitrogen and oxygen atoms in total. The van der Waals surface area contributed by atoms with Gasteiger partial charge >= 0.3 is 6.18 Å². The van der Waals surface area contributed by atoms with Crippen molar-refractivity contribution in [1.82, 2.24) is 4.98 Å². The number of rotatable bonds is 2. The van der Waals surface area contributed by atoms with Gasteiger partial charge in [0.05, 0.1) is 16.3 Å². The number of halogens is 3. The fourth-order valence-electron chi connectivity index (χ4n) is 1.95. The van der Waals surface area contributed by atoms with E-state index < -0.39 is 11.7 Å². The van der Waals surface area contributed by atoms with E-state index in [1.807, 2.05) is 12.3 Å². The fourth-order valence-corrected chi connectivity index (χ4v) is 2.58. The molecule has 5 heteroatoms. The molecule has 0 amide bonds. The molecule has 1 aromatic heterocycles. The lowest BCUT2D eigenvalue weighted by Gasteiger charge is -2.16. The summed E-state index contributed by atoms with van der Waals surface area (Å²) in [5, 5.41) is 2.77. The van der Waals surface area contributed by atoms with Gasteiger partial charge in [-0.15, -0.1) is 11.3 Å². The molecule has 0 radical (unpaired) electrons. The Morgan fingerprint density at radius 3 is 2.37 bits per heavy atom. The average molecular weight is 285 g/mol. The van der Waals surface area contributed by atoms with Gasteiger partial charge in [0, 0.05) is 10.9 Å². The van der Waals surface area contributed by atoms with Gasteiger partial charge in [-0.2, -0.15) is 13.2 Å². The first-order valence-corrected chi connectivity index (χ1v) is 6.80. The topological polar surface area (TPSA) is 12.9 Å². The van der Waals surface area contributed by atoms with Crippen LogP contribution in [0.5, 0.6) is 0 Å². The van der Waals surface area contributed by atoms with Crippen LogP contribution in [-0.2, 0) is 6.18 Å². The minimum atomic E-state index is -4.31. The van der Waals surface area contributed by atoms with E-state index in [2.05, 4.69) is 4.98 Å². The molecule has 19 heavy (non-hydrogen) atoms. The SMILES string of the molecule is Cc1nc(-c2ccc(C(F)(F)F)c(C(C)C)c2)cs1. The first kappa shape index (κ1) is 14.1. The molecular formula is C14H14F3NS. The van der Waals surface area contributed by atoms with E-state index in [0.717, 1.165) is 22.3 Å². The number of hydrogen-bond donors (Lipinski definition) is 0. The average Bonchev–Trinajstić information content (AvgIpc) is 2.74. The number of alkyl halides is 3. The Morgan fingerprint density at radius 1 is 1.21 bits per heavy atom. The molecule has 0 saturated heterocycles. The van der Waals surface area contributed by atoms with Crippen molar-refractivity contribution in [2.45, 2.75) is 32.9 Å². The summed E-state index contributed by atoms with van der Waals surface area (Å²) in [6.45, 7) is 5.41. The highest BCUT2D eigenvalue weighted by molar-refractivity contribution is 7.09. The lowest BCUT2D eigenvalue weighted by atomic mass is 9.94. The van der Waals surface area contributed by atoms with Crippen LogP contribution < -0.4 is 0 Å². The molecule has 0 aliphatic carbocycles. The maximum absolute atomic E-state index is 12.9. The minimum absolute atomic E-state index is 0.184. The van der Waals surface area contributed by atoms with Gasteiger partial charge < -0.3 is 0 Å². The summed E-state index contributed by atoms with van der Waals surface area (Å²) < 4.78 is 38.8. The summed E-state index contributed by atoms with van der Waals surface area (Å²) >= 11 is 1.49. The van der Waals surface area contributed by atoms with Crippen molar-refractivity contribution < 1.29 is 13.2 Å². The molecule has 0 fully saturated rings. The summed E-state index contributed by atoms with van der Waals surface area (Å²) in [5.74, 6) is -0.184. The molecule has 0 N–H and O–H groups in total. The van der Waals surface area contributed by atoms with Crippen LogP contribution in [0.2, 0.25) is 0 Å². The fraction of sp³-hybridized carbons (Fsp3) is 0.357. The maximum atomic E-state index is 12.9. The predicted octanol–water partition coefficient (Wildman–Crippen LogP) is 5.26. The number of hydrogen-bond acceptors (Lipinski definition) is 2. The van der Waals surface area contributed by atoms with Gasteiger partial charge in [-0.05, 0) is 30.5 Å². The van der Waals surface area contributed by atoms with Crippen molar-refractivity contribution in [3.63, 3.8) is 0 Å². The smallest absolute Gasteiger partial charge is 0.242 e. The van der Waals surface area contributed by atoms with Crippen LogP contribution in [0, 0.1) is 6.92 Å². The Morgan fingerprint density at radius 2 is 1.89 bits per heavy atom. The molecule has 0 spiro atoms. The molecular weight excluding hydrogens is 271 g/mol.